The van der Waals surface area contributed by atoms with Crippen LogP contribution in [0.5, 0.6) is 0 Å². The highest BCUT2D eigenvalue weighted by atomic mass is 16.8. The lowest BCUT2D eigenvalue weighted by Crippen LogP contribution is -2.70. The number of amides is 1. The molecule has 1 amide bonds. The molecule has 6 rings (SSSR count). The summed E-state index contributed by atoms with van der Waals surface area (Å²) < 4.78 is 5.78. The summed E-state index contributed by atoms with van der Waals surface area (Å²) in [7, 11) is 0. The third-order valence-electron chi connectivity index (χ3n) is 7.45. The normalized spacial score (nSPS) is 20.9. The van der Waals surface area contributed by atoms with Gasteiger partial charge in [-0.05, 0) is 61.2 Å². The van der Waals surface area contributed by atoms with Crippen LogP contribution < -0.4 is 9.96 Å². The van der Waals surface area contributed by atoms with E-state index >= 15 is 0 Å². The molecule has 194 valence electrons. The second-order valence-electron chi connectivity index (χ2n) is 10.0. The van der Waals surface area contributed by atoms with Crippen molar-refractivity contribution < 1.29 is 24.0 Å². The number of aryl methyl sites for hydroxylation is 1. The van der Waals surface area contributed by atoms with Crippen LogP contribution >= 0.6 is 0 Å². The van der Waals surface area contributed by atoms with Gasteiger partial charge in [-0.2, -0.15) is 5.06 Å². The van der Waals surface area contributed by atoms with E-state index in [0.29, 0.717) is 24.3 Å². The number of para-hydroxylation sites is 2. The molecule has 0 N–H and O–H groups in total. The Kier molecular flexibility index (Phi) is 6.33. The molecule has 0 bridgehead atoms. The van der Waals surface area contributed by atoms with Crippen LogP contribution in [0.1, 0.15) is 24.8 Å². The average molecular weight is 512 g/mol. The largest absolute Gasteiger partial charge is 0.441 e. The highest BCUT2D eigenvalue weighted by Crippen LogP contribution is 2.43. The highest BCUT2D eigenvalue weighted by molar-refractivity contribution is 6.30. The van der Waals surface area contributed by atoms with Gasteiger partial charge in [0.1, 0.15) is 5.69 Å². The first-order chi connectivity index (χ1) is 18.5. The molecule has 3 heterocycles. The van der Waals surface area contributed by atoms with Crippen LogP contribution in [0.3, 0.4) is 0 Å². The third-order valence-corrected chi connectivity index (χ3v) is 7.45. The minimum Gasteiger partial charge on any atom is -0.424 e. The Balaban J connectivity index is 1.24. The SMILES string of the molecule is O=C1ON2c3ccccc3N(C(=O)CCc3ccc(-c4ccccc4)cc3)CC2(CN2CCCC2)OC1=O. The van der Waals surface area contributed by atoms with Crippen LogP contribution in [-0.4, -0.2) is 54.6 Å². The zero-order valence-electron chi connectivity index (χ0n) is 21.0. The Labute approximate surface area is 221 Å². The summed E-state index contributed by atoms with van der Waals surface area (Å²) >= 11 is 0. The fourth-order valence-electron chi connectivity index (χ4n) is 5.56. The van der Waals surface area contributed by atoms with Crippen LogP contribution in [0.4, 0.5) is 11.4 Å². The maximum Gasteiger partial charge on any atom is 0.441 e. The van der Waals surface area contributed by atoms with E-state index in [-0.39, 0.29) is 18.9 Å². The Morgan fingerprint density at radius 1 is 0.789 bits per heavy atom. The molecular weight excluding hydrogens is 482 g/mol. The molecule has 2 fully saturated rings. The van der Waals surface area contributed by atoms with Crippen LogP contribution in [0.2, 0.25) is 0 Å². The molecule has 8 heteroatoms. The Morgan fingerprint density at radius 3 is 2.18 bits per heavy atom. The number of nitrogens with zero attached hydrogens (tertiary/aromatic N) is 3. The van der Waals surface area contributed by atoms with E-state index in [1.807, 2.05) is 36.4 Å². The number of ether oxygens (including phenoxy) is 1. The van der Waals surface area contributed by atoms with Gasteiger partial charge in [0.25, 0.3) is 0 Å². The number of carbonyl (C=O) groups is 3. The lowest BCUT2D eigenvalue weighted by atomic mass is 10.0. The molecule has 1 unspecified atom stereocenters. The van der Waals surface area contributed by atoms with E-state index in [2.05, 4.69) is 41.3 Å². The summed E-state index contributed by atoms with van der Waals surface area (Å²) in [5.41, 5.74) is 3.18. The monoisotopic (exact) mass is 511 g/mol. The smallest absolute Gasteiger partial charge is 0.424 e. The maximum atomic E-state index is 13.7. The van der Waals surface area contributed by atoms with Gasteiger partial charge < -0.3 is 14.5 Å². The van der Waals surface area contributed by atoms with Crippen molar-refractivity contribution >= 4 is 29.2 Å². The summed E-state index contributed by atoms with van der Waals surface area (Å²) in [6.45, 7) is 2.13. The number of rotatable bonds is 6. The summed E-state index contributed by atoms with van der Waals surface area (Å²) in [5.74, 6) is -2.18. The number of fused-ring (bicyclic) bond motifs is 3. The van der Waals surface area contributed by atoms with Gasteiger partial charge in [0, 0.05) is 6.42 Å². The van der Waals surface area contributed by atoms with Crippen molar-refractivity contribution in [3.63, 3.8) is 0 Å². The van der Waals surface area contributed by atoms with Crippen molar-refractivity contribution in [2.45, 2.75) is 31.4 Å². The van der Waals surface area contributed by atoms with E-state index in [1.54, 1.807) is 11.0 Å². The number of likely N-dealkylation sites (tertiary alicyclic amines) is 1. The molecule has 0 spiro atoms. The topological polar surface area (TPSA) is 79.4 Å². The number of hydrogen-bond donors (Lipinski definition) is 0. The van der Waals surface area contributed by atoms with Crippen molar-refractivity contribution in [2.75, 3.05) is 36.1 Å². The summed E-state index contributed by atoms with van der Waals surface area (Å²) in [4.78, 5) is 47.6. The fourth-order valence-corrected chi connectivity index (χ4v) is 5.56. The standard InChI is InChI=1S/C30H29N3O5/c34-27(17-14-22-12-15-24(16-13-22)23-8-2-1-3-9-23)32-21-30(20-31-18-6-7-19-31)33(38-29(36)28(35)37-30)26-11-5-4-10-25(26)32/h1-5,8-13,15-16H,6-7,14,17-21H2. The van der Waals surface area contributed by atoms with Gasteiger partial charge in [-0.25, -0.2) is 9.59 Å². The van der Waals surface area contributed by atoms with Crippen molar-refractivity contribution in [1.82, 2.24) is 4.90 Å². The van der Waals surface area contributed by atoms with E-state index in [9.17, 15) is 14.4 Å². The number of anilines is 2. The zero-order chi connectivity index (χ0) is 26.1. The number of benzene rings is 3. The molecule has 3 aliphatic heterocycles. The predicted molar refractivity (Wildman–Crippen MR) is 142 cm³/mol. The molecule has 1 atom stereocenters. The zero-order valence-corrected chi connectivity index (χ0v) is 21.0. The molecule has 0 aromatic heterocycles. The van der Waals surface area contributed by atoms with Crippen LogP contribution in [0, 0.1) is 0 Å². The number of carbonyl (C=O) groups excluding carboxylic acids is 3. The summed E-state index contributed by atoms with van der Waals surface area (Å²) in [6.07, 6.45) is 2.95. The molecule has 3 aromatic rings. The number of hydrogen-bond acceptors (Lipinski definition) is 7. The second-order valence-corrected chi connectivity index (χ2v) is 10.0. The molecule has 38 heavy (non-hydrogen) atoms. The molecule has 3 aliphatic rings. The average Bonchev–Trinajstić information content (AvgIpc) is 3.46. The first-order valence-electron chi connectivity index (χ1n) is 13.0. The van der Waals surface area contributed by atoms with E-state index < -0.39 is 17.7 Å². The maximum absolute atomic E-state index is 13.7. The molecule has 0 radical (unpaired) electrons. The van der Waals surface area contributed by atoms with Gasteiger partial charge in [0.15, 0.2) is 0 Å². The van der Waals surface area contributed by atoms with Crippen LogP contribution in [0.25, 0.3) is 11.1 Å². The first kappa shape index (κ1) is 24.2. The summed E-state index contributed by atoms with van der Waals surface area (Å²) in [6, 6.07) is 25.7. The van der Waals surface area contributed by atoms with Gasteiger partial charge in [-0.1, -0.05) is 66.7 Å². The Morgan fingerprint density at radius 2 is 1.45 bits per heavy atom. The van der Waals surface area contributed by atoms with Crippen molar-refractivity contribution in [2.24, 2.45) is 0 Å². The second kappa shape index (κ2) is 9.95. The van der Waals surface area contributed by atoms with Gasteiger partial charge in [0.05, 0.1) is 18.8 Å². The quantitative estimate of drug-likeness (QED) is 0.366. The van der Waals surface area contributed by atoms with Crippen molar-refractivity contribution in [3.05, 3.63) is 84.4 Å². The molecule has 0 saturated carbocycles. The van der Waals surface area contributed by atoms with E-state index in [1.165, 1.54) is 5.06 Å². The first-order valence-corrected chi connectivity index (χ1v) is 13.0. The number of esters is 1. The lowest BCUT2D eigenvalue weighted by molar-refractivity contribution is -0.206. The van der Waals surface area contributed by atoms with Crippen molar-refractivity contribution in [1.29, 1.82) is 0 Å². The predicted octanol–water partition coefficient (Wildman–Crippen LogP) is 3.95. The van der Waals surface area contributed by atoms with Crippen molar-refractivity contribution in [3.8, 4) is 11.1 Å². The van der Waals surface area contributed by atoms with E-state index in [0.717, 1.165) is 42.6 Å². The molecule has 3 aromatic carbocycles. The molecule has 0 aliphatic carbocycles. The van der Waals surface area contributed by atoms with Gasteiger partial charge in [0.2, 0.25) is 11.6 Å². The summed E-state index contributed by atoms with van der Waals surface area (Å²) in [5, 5.41) is 1.40. The molecule has 8 nitrogen and oxygen atoms in total. The molecule has 2 saturated heterocycles. The highest BCUT2D eigenvalue weighted by Gasteiger charge is 2.56. The Hall–Kier alpha value is -4.17. The minimum atomic E-state index is -1.31. The van der Waals surface area contributed by atoms with Crippen LogP contribution in [0.15, 0.2) is 78.9 Å². The Bertz CT molecular complexity index is 1350. The third kappa shape index (κ3) is 4.52. The fraction of sp³-hybridized carbons (Fsp3) is 0.300. The van der Waals surface area contributed by atoms with Gasteiger partial charge in [-0.3, -0.25) is 9.69 Å². The molecular formula is C30H29N3O5. The lowest BCUT2D eigenvalue weighted by Gasteiger charge is -2.51. The van der Waals surface area contributed by atoms with Gasteiger partial charge >= 0.3 is 11.9 Å². The minimum absolute atomic E-state index is 0.0747. The van der Waals surface area contributed by atoms with Crippen LogP contribution in [-0.2, 0) is 30.4 Å². The van der Waals surface area contributed by atoms with Gasteiger partial charge in [-0.15, -0.1) is 0 Å². The van der Waals surface area contributed by atoms with E-state index in [4.69, 9.17) is 9.57 Å². The number of hydroxylamine groups is 1.